The highest BCUT2D eigenvalue weighted by Crippen LogP contribution is 2.31. The van der Waals surface area contributed by atoms with Crippen LogP contribution < -0.4 is 15.4 Å². The molecule has 4 nitrogen and oxygen atoms in total. The van der Waals surface area contributed by atoms with E-state index in [4.69, 9.17) is 0 Å². The van der Waals surface area contributed by atoms with E-state index >= 15 is 0 Å². The number of nitrogens with one attached hydrogen (secondary N) is 2. The summed E-state index contributed by atoms with van der Waals surface area (Å²) in [5.74, 6) is -3.23. The lowest BCUT2D eigenvalue weighted by atomic mass is 10.3. The molecule has 2 aromatic rings. The highest BCUT2D eigenvalue weighted by Gasteiger charge is 2.13. The van der Waals surface area contributed by atoms with Crippen LogP contribution in [0.15, 0.2) is 53.4 Å². The summed E-state index contributed by atoms with van der Waals surface area (Å²) in [4.78, 5) is 12.2. The monoisotopic (exact) mass is 374 g/mol. The Balaban J connectivity index is 1.98. The van der Waals surface area contributed by atoms with Crippen molar-refractivity contribution >= 4 is 29.0 Å². The van der Waals surface area contributed by atoms with Gasteiger partial charge in [-0.2, -0.15) is 17.6 Å². The molecule has 9 heteroatoms. The fourth-order valence-electron chi connectivity index (χ4n) is 1.95. The maximum Gasteiger partial charge on any atom is 0.387 e. The normalized spacial score (nSPS) is 10.8. The first-order valence-corrected chi connectivity index (χ1v) is 7.95. The molecule has 2 aromatic carbocycles. The maximum atomic E-state index is 12.5. The maximum absolute atomic E-state index is 12.5. The number of benzene rings is 2. The summed E-state index contributed by atoms with van der Waals surface area (Å²) in [7, 11) is 0. The largest absolute Gasteiger partial charge is 0.433 e. The van der Waals surface area contributed by atoms with Gasteiger partial charge in [0.25, 0.3) is 5.76 Å². The van der Waals surface area contributed by atoms with E-state index in [0.717, 1.165) is 0 Å². The number of ether oxygens (including phenoxy) is 1. The predicted molar refractivity (Wildman–Crippen MR) is 88.5 cm³/mol. The van der Waals surface area contributed by atoms with Gasteiger partial charge >= 0.3 is 6.61 Å². The predicted octanol–water partition coefficient (Wildman–Crippen LogP) is 4.65. The minimum Gasteiger partial charge on any atom is -0.433 e. The SMILES string of the molecule is O=C(CNc1ccccc1OC(F)F)Nc1ccccc1SC(F)F. The minimum absolute atomic E-state index is 0.0982. The van der Waals surface area contributed by atoms with Crippen molar-refractivity contribution in [2.75, 3.05) is 17.2 Å². The minimum atomic E-state index is -2.99. The number of rotatable bonds is 8. The van der Waals surface area contributed by atoms with Crippen molar-refractivity contribution in [2.24, 2.45) is 0 Å². The summed E-state index contributed by atoms with van der Waals surface area (Å²) in [5, 5.41) is 5.18. The van der Waals surface area contributed by atoms with Gasteiger partial charge in [0.1, 0.15) is 5.75 Å². The molecule has 0 fully saturated rings. The van der Waals surface area contributed by atoms with Gasteiger partial charge in [-0.15, -0.1) is 0 Å². The van der Waals surface area contributed by atoms with Gasteiger partial charge in [0.15, 0.2) is 0 Å². The molecule has 134 valence electrons. The summed E-state index contributed by atoms with van der Waals surface area (Å²) in [6, 6.07) is 12.1. The Morgan fingerprint density at radius 1 is 1.00 bits per heavy atom. The van der Waals surface area contributed by atoms with E-state index in [9.17, 15) is 22.4 Å². The van der Waals surface area contributed by atoms with Crippen LogP contribution in [0, 0.1) is 0 Å². The Hall–Kier alpha value is -2.42. The van der Waals surface area contributed by atoms with Gasteiger partial charge in [0.2, 0.25) is 5.91 Å². The fourth-order valence-corrected chi connectivity index (χ4v) is 2.55. The quantitative estimate of drug-likeness (QED) is 0.522. The van der Waals surface area contributed by atoms with E-state index < -0.39 is 18.3 Å². The van der Waals surface area contributed by atoms with Gasteiger partial charge in [-0.3, -0.25) is 4.79 Å². The highest BCUT2D eigenvalue weighted by atomic mass is 32.2. The molecule has 25 heavy (non-hydrogen) atoms. The van der Waals surface area contributed by atoms with Gasteiger partial charge < -0.3 is 15.4 Å². The lowest BCUT2D eigenvalue weighted by molar-refractivity contribution is -0.114. The van der Waals surface area contributed by atoms with Gasteiger partial charge in [-0.05, 0) is 24.3 Å². The molecule has 2 N–H and O–H groups in total. The third-order valence-corrected chi connectivity index (χ3v) is 3.71. The van der Waals surface area contributed by atoms with Crippen LogP contribution >= 0.6 is 11.8 Å². The first-order valence-electron chi connectivity index (χ1n) is 7.07. The Morgan fingerprint density at radius 3 is 2.32 bits per heavy atom. The van der Waals surface area contributed by atoms with Crippen molar-refractivity contribution in [3.63, 3.8) is 0 Å². The van der Waals surface area contributed by atoms with Crippen LogP contribution in [0.4, 0.5) is 28.9 Å². The molecule has 0 aliphatic rings. The second-order valence-electron chi connectivity index (χ2n) is 4.65. The van der Waals surface area contributed by atoms with Crippen molar-refractivity contribution in [1.29, 1.82) is 0 Å². The standard InChI is InChI=1S/C16H14F4N2O2S/c17-15(18)24-12-7-3-1-5-10(12)21-9-14(23)22-11-6-2-4-8-13(11)25-16(19)20/h1-8,15-16,21H,9H2,(H,22,23). The number of halogens is 4. The van der Waals surface area contributed by atoms with E-state index in [2.05, 4.69) is 15.4 Å². The average molecular weight is 374 g/mol. The number of hydrogen-bond donors (Lipinski definition) is 2. The lowest BCUT2D eigenvalue weighted by Gasteiger charge is -2.13. The van der Waals surface area contributed by atoms with Gasteiger partial charge in [0, 0.05) is 4.90 Å². The Bertz CT molecular complexity index is 716. The zero-order valence-electron chi connectivity index (χ0n) is 12.7. The average Bonchev–Trinajstić information content (AvgIpc) is 2.55. The molecular weight excluding hydrogens is 360 g/mol. The second kappa shape index (κ2) is 9.16. The number of thioether (sulfide) groups is 1. The molecule has 0 atom stereocenters. The molecule has 0 spiro atoms. The number of alkyl halides is 4. The van der Waals surface area contributed by atoms with Gasteiger partial charge in [-0.25, -0.2) is 0 Å². The van der Waals surface area contributed by atoms with Crippen molar-refractivity contribution < 1.29 is 27.1 Å². The molecule has 0 heterocycles. The number of carbonyl (C=O) groups is 1. The fraction of sp³-hybridized carbons (Fsp3) is 0.188. The van der Waals surface area contributed by atoms with Crippen LogP contribution in [0.5, 0.6) is 5.75 Å². The molecule has 0 saturated heterocycles. The van der Waals surface area contributed by atoms with Gasteiger partial charge in [-0.1, -0.05) is 36.0 Å². The Labute approximate surface area is 145 Å². The number of hydrogen-bond acceptors (Lipinski definition) is 4. The van der Waals surface area contributed by atoms with E-state index in [1.807, 2.05) is 0 Å². The molecule has 0 saturated carbocycles. The topological polar surface area (TPSA) is 50.4 Å². The van der Waals surface area contributed by atoms with E-state index in [-0.39, 0.29) is 28.6 Å². The van der Waals surface area contributed by atoms with Crippen LogP contribution in [-0.2, 0) is 4.79 Å². The van der Waals surface area contributed by atoms with Crippen molar-refractivity contribution in [3.05, 3.63) is 48.5 Å². The molecular formula is C16H14F4N2O2S. The van der Waals surface area contributed by atoms with E-state index in [0.29, 0.717) is 11.8 Å². The zero-order valence-corrected chi connectivity index (χ0v) is 13.5. The van der Waals surface area contributed by atoms with Crippen LogP contribution in [0.2, 0.25) is 0 Å². The second-order valence-corrected chi connectivity index (χ2v) is 5.68. The summed E-state index contributed by atoms with van der Waals surface area (Å²) >= 11 is 0.319. The molecule has 0 aliphatic heterocycles. The van der Waals surface area contributed by atoms with Crippen LogP contribution in [0.1, 0.15) is 0 Å². The van der Waals surface area contributed by atoms with Crippen molar-refractivity contribution in [3.8, 4) is 5.75 Å². The third kappa shape index (κ3) is 6.18. The highest BCUT2D eigenvalue weighted by molar-refractivity contribution is 7.99. The first kappa shape index (κ1) is 18.9. The number of para-hydroxylation sites is 3. The Morgan fingerprint density at radius 2 is 1.64 bits per heavy atom. The van der Waals surface area contributed by atoms with Gasteiger partial charge in [0.05, 0.1) is 17.9 Å². The van der Waals surface area contributed by atoms with Crippen LogP contribution in [-0.4, -0.2) is 24.8 Å². The van der Waals surface area contributed by atoms with Crippen molar-refractivity contribution in [1.82, 2.24) is 0 Å². The molecule has 0 aromatic heterocycles. The Kier molecular flexibility index (Phi) is 6.93. The van der Waals surface area contributed by atoms with E-state index in [1.54, 1.807) is 18.2 Å². The lowest BCUT2D eigenvalue weighted by Crippen LogP contribution is -2.22. The molecule has 2 rings (SSSR count). The zero-order chi connectivity index (χ0) is 18.2. The smallest absolute Gasteiger partial charge is 0.387 e. The van der Waals surface area contributed by atoms with E-state index in [1.165, 1.54) is 30.3 Å². The summed E-state index contributed by atoms with van der Waals surface area (Å²) in [6.07, 6.45) is 0. The third-order valence-electron chi connectivity index (χ3n) is 2.92. The molecule has 0 bridgehead atoms. The molecule has 0 radical (unpaired) electrons. The molecule has 0 aliphatic carbocycles. The van der Waals surface area contributed by atoms with Crippen LogP contribution in [0.3, 0.4) is 0 Å². The molecule has 1 amide bonds. The van der Waals surface area contributed by atoms with Crippen LogP contribution in [0.25, 0.3) is 0 Å². The molecule has 0 unspecified atom stereocenters. The number of anilines is 2. The summed E-state index contributed by atoms with van der Waals surface area (Å²) < 4.78 is 54.1. The summed E-state index contributed by atoms with van der Waals surface area (Å²) in [6.45, 7) is -3.24. The number of amides is 1. The first-order chi connectivity index (χ1) is 12.0. The summed E-state index contributed by atoms with van der Waals surface area (Å²) in [5.41, 5.74) is 0.463. The number of carbonyl (C=O) groups excluding carboxylic acids is 1. The van der Waals surface area contributed by atoms with Crippen molar-refractivity contribution in [2.45, 2.75) is 17.3 Å².